The van der Waals surface area contributed by atoms with Gasteiger partial charge in [-0.2, -0.15) is 0 Å². The molecule has 0 aromatic heterocycles. The van der Waals surface area contributed by atoms with E-state index in [-0.39, 0.29) is 24.0 Å². The monoisotopic (exact) mass is 407 g/mol. The van der Waals surface area contributed by atoms with Crippen molar-refractivity contribution in [2.45, 2.75) is 32.4 Å². The van der Waals surface area contributed by atoms with Gasteiger partial charge < -0.3 is 10.6 Å². The number of nitrogens with zero attached hydrogens (tertiary/aromatic N) is 1. The molecule has 116 valence electrons. The number of hydrogen-bond acceptors (Lipinski definition) is 1. The van der Waals surface area contributed by atoms with E-state index in [4.69, 9.17) is 4.99 Å². The van der Waals surface area contributed by atoms with Crippen LogP contribution in [0.3, 0.4) is 0 Å². The van der Waals surface area contributed by atoms with Crippen LogP contribution in [-0.2, 0) is 6.54 Å². The van der Waals surface area contributed by atoms with E-state index in [1.54, 1.807) is 0 Å². The van der Waals surface area contributed by atoms with E-state index in [2.05, 4.69) is 54.0 Å². The fraction of sp³-hybridized carbons (Fsp3) is 0.278. The van der Waals surface area contributed by atoms with Gasteiger partial charge in [-0.15, -0.1) is 24.0 Å². The van der Waals surface area contributed by atoms with Crippen LogP contribution in [0.25, 0.3) is 0 Å². The Labute approximate surface area is 149 Å². The maximum atomic E-state index is 4.69. The first-order chi connectivity index (χ1) is 10.3. The third kappa shape index (κ3) is 5.33. The molecule has 0 amide bonds. The third-order valence-corrected chi connectivity index (χ3v) is 3.50. The number of aliphatic imine (C=N–C) groups is 1. The molecule has 0 atom stereocenters. The van der Waals surface area contributed by atoms with Crippen molar-refractivity contribution in [3.8, 4) is 0 Å². The van der Waals surface area contributed by atoms with Crippen LogP contribution < -0.4 is 10.6 Å². The van der Waals surface area contributed by atoms with Crippen molar-refractivity contribution in [1.82, 2.24) is 5.32 Å². The van der Waals surface area contributed by atoms with Crippen molar-refractivity contribution in [3.05, 3.63) is 65.7 Å². The van der Waals surface area contributed by atoms with Crippen molar-refractivity contribution >= 4 is 35.6 Å². The van der Waals surface area contributed by atoms with Crippen LogP contribution in [0.2, 0.25) is 0 Å². The molecule has 0 heterocycles. The van der Waals surface area contributed by atoms with E-state index in [9.17, 15) is 0 Å². The van der Waals surface area contributed by atoms with Crippen LogP contribution in [0.4, 0.5) is 5.69 Å². The van der Waals surface area contributed by atoms with Gasteiger partial charge in [-0.3, -0.25) is 0 Å². The normalized spacial score (nSPS) is 14.1. The van der Waals surface area contributed by atoms with E-state index in [1.807, 2.05) is 18.2 Å². The maximum absolute atomic E-state index is 4.69. The molecule has 1 aliphatic carbocycles. The Morgan fingerprint density at radius 2 is 1.73 bits per heavy atom. The molecule has 0 unspecified atom stereocenters. The Hall–Kier alpha value is -1.56. The second-order valence-corrected chi connectivity index (χ2v) is 5.56. The molecule has 0 bridgehead atoms. The molecule has 2 aromatic rings. The van der Waals surface area contributed by atoms with Gasteiger partial charge in [0.1, 0.15) is 0 Å². The second kappa shape index (κ2) is 8.17. The standard InChI is InChI=1S/C18H21N3.HI/c1-14-7-9-15(10-8-14)13-19-18(21-17-11-12-17)20-16-5-3-2-4-6-16;/h2-10,17H,11-13H2,1H3,(H2,19,20,21);1H. The smallest absolute Gasteiger partial charge is 0.196 e. The van der Waals surface area contributed by atoms with Crippen LogP contribution in [-0.4, -0.2) is 12.0 Å². The highest BCUT2D eigenvalue weighted by molar-refractivity contribution is 14.0. The van der Waals surface area contributed by atoms with Crippen LogP contribution in [0, 0.1) is 6.92 Å². The molecule has 2 aromatic carbocycles. The Kier molecular flexibility index (Phi) is 6.24. The third-order valence-electron chi connectivity index (χ3n) is 3.50. The van der Waals surface area contributed by atoms with Crippen molar-refractivity contribution in [1.29, 1.82) is 0 Å². The van der Waals surface area contributed by atoms with Crippen molar-refractivity contribution < 1.29 is 0 Å². The van der Waals surface area contributed by atoms with Gasteiger partial charge in [-0.05, 0) is 37.5 Å². The number of hydrogen-bond donors (Lipinski definition) is 2. The number of nitrogens with one attached hydrogen (secondary N) is 2. The summed E-state index contributed by atoms with van der Waals surface area (Å²) >= 11 is 0. The maximum Gasteiger partial charge on any atom is 0.196 e. The zero-order valence-corrected chi connectivity index (χ0v) is 15.1. The molecule has 1 saturated carbocycles. The van der Waals surface area contributed by atoms with E-state index in [0.717, 1.165) is 11.6 Å². The molecule has 3 rings (SSSR count). The number of rotatable bonds is 4. The highest BCUT2D eigenvalue weighted by Crippen LogP contribution is 2.19. The van der Waals surface area contributed by atoms with Gasteiger partial charge in [0.05, 0.1) is 6.54 Å². The molecule has 2 N–H and O–H groups in total. The van der Waals surface area contributed by atoms with Gasteiger partial charge in [0, 0.05) is 11.7 Å². The van der Waals surface area contributed by atoms with Gasteiger partial charge in [0.2, 0.25) is 0 Å². The number of aryl methyl sites for hydroxylation is 1. The predicted octanol–water partition coefficient (Wildman–Crippen LogP) is 4.33. The molecule has 0 aliphatic heterocycles. The van der Waals surface area contributed by atoms with Gasteiger partial charge in [-0.1, -0.05) is 48.0 Å². The fourth-order valence-corrected chi connectivity index (χ4v) is 2.06. The lowest BCUT2D eigenvalue weighted by Gasteiger charge is -2.12. The quantitative estimate of drug-likeness (QED) is 0.450. The molecule has 22 heavy (non-hydrogen) atoms. The summed E-state index contributed by atoms with van der Waals surface area (Å²) < 4.78 is 0. The number of anilines is 1. The van der Waals surface area contributed by atoms with E-state index < -0.39 is 0 Å². The van der Waals surface area contributed by atoms with Crippen LogP contribution in [0.15, 0.2) is 59.6 Å². The summed E-state index contributed by atoms with van der Waals surface area (Å²) in [7, 11) is 0. The van der Waals surface area contributed by atoms with E-state index in [1.165, 1.54) is 24.0 Å². The first-order valence-corrected chi connectivity index (χ1v) is 7.48. The minimum atomic E-state index is 0. The summed E-state index contributed by atoms with van der Waals surface area (Å²) in [5.41, 5.74) is 3.57. The fourth-order valence-electron chi connectivity index (χ4n) is 2.06. The molecule has 0 saturated heterocycles. The van der Waals surface area contributed by atoms with Gasteiger partial charge in [0.15, 0.2) is 5.96 Å². The number of para-hydroxylation sites is 1. The lowest BCUT2D eigenvalue weighted by Crippen LogP contribution is -2.32. The Balaban J connectivity index is 0.00000176. The zero-order valence-electron chi connectivity index (χ0n) is 12.8. The molecular formula is C18H22IN3. The van der Waals surface area contributed by atoms with Crippen LogP contribution in [0.1, 0.15) is 24.0 Å². The minimum Gasteiger partial charge on any atom is -0.353 e. The number of guanidine groups is 1. The summed E-state index contributed by atoms with van der Waals surface area (Å²) in [6.07, 6.45) is 2.47. The Morgan fingerprint density at radius 3 is 2.36 bits per heavy atom. The topological polar surface area (TPSA) is 36.4 Å². The average Bonchev–Trinajstić information content (AvgIpc) is 3.31. The molecular weight excluding hydrogens is 385 g/mol. The summed E-state index contributed by atoms with van der Waals surface area (Å²) in [6.45, 7) is 2.79. The van der Waals surface area contributed by atoms with Crippen LogP contribution in [0.5, 0.6) is 0 Å². The molecule has 0 spiro atoms. The minimum absolute atomic E-state index is 0. The van der Waals surface area contributed by atoms with Gasteiger partial charge in [0.25, 0.3) is 0 Å². The van der Waals surface area contributed by atoms with Crippen LogP contribution >= 0.6 is 24.0 Å². The van der Waals surface area contributed by atoms with E-state index in [0.29, 0.717) is 12.6 Å². The molecule has 3 nitrogen and oxygen atoms in total. The first kappa shape index (κ1) is 16.8. The first-order valence-electron chi connectivity index (χ1n) is 7.48. The molecule has 1 aliphatic rings. The molecule has 1 fully saturated rings. The van der Waals surface area contributed by atoms with Crippen molar-refractivity contribution in [3.63, 3.8) is 0 Å². The average molecular weight is 407 g/mol. The lowest BCUT2D eigenvalue weighted by atomic mass is 10.1. The summed E-state index contributed by atoms with van der Waals surface area (Å²) in [6, 6.07) is 19.3. The highest BCUT2D eigenvalue weighted by Gasteiger charge is 2.22. The van der Waals surface area contributed by atoms with Crippen molar-refractivity contribution in [2.24, 2.45) is 4.99 Å². The Bertz CT molecular complexity index is 604. The summed E-state index contributed by atoms with van der Waals surface area (Å²) in [5.74, 6) is 0.865. The zero-order chi connectivity index (χ0) is 14.5. The summed E-state index contributed by atoms with van der Waals surface area (Å²) in [5, 5.41) is 6.83. The molecule has 4 heteroatoms. The Morgan fingerprint density at radius 1 is 1.05 bits per heavy atom. The summed E-state index contributed by atoms with van der Waals surface area (Å²) in [4.78, 5) is 4.69. The van der Waals surface area contributed by atoms with Crippen molar-refractivity contribution in [2.75, 3.05) is 5.32 Å². The lowest BCUT2D eigenvalue weighted by molar-refractivity contribution is 0.886. The number of halogens is 1. The van der Waals surface area contributed by atoms with Gasteiger partial charge >= 0.3 is 0 Å². The van der Waals surface area contributed by atoms with Gasteiger partial charge in [-0.25, -0.2) is 4.99 Å². The number of benzene rings is 2. The van der Waals surface area contributed by atoms with E-state index >= 15 is 0 Å². The molecule has 0 radical (unpaired) electrons. The highest BCUT2D eigenvalue weighted by atomic mass is 127. The largest absolute Gasteiger partial charge is 0.353 e. The second-order valence-electron chi connectivity index (χ2n) is 5.56. The SMILES string of the molecule is Cc1ccc(CN=C(Nc2ccccc2)NC2CC2)cc1.I. The predicted molar refractivity (Wildman–Crippen MR) is 104 cm³/mol.